The minimum absolute atomic E-state index is 0.264. The van der Waals surface area contributed by atoms with Gasteiger partial charge in [-0.3, -0.25) is 20.2 Å². The smallest absolute Gasteiger partial charge is 0.335 e. The minimum atomic E-state index is -1.55. The number of carbonyl (C=O) groups is 2. The van der Waals surface area contributed by atoms with Crippen molar-refractivity contribution in [2.75, 3.05) is 0 Å². The van der Waals surface area contributed by atoms with Gasteiger partial charge in [0.25, 0.3) is 11.4 Å². The fraction of sp³-hybridized carbons (Fsp3) is 0. The summed E-state index contributed by atoms with van der Waals surface area (Å²) in [5, 5.41) is 60.4. The van der Waals surface area contributed by atoms with Gasteiger partial charge in [-0.15, -0.1) is 0 Å². The van der Waals surface area contributed by atoms with Crippen molar-refractivity contribution in [2.45, 2.75) is 0 Å². The molecular formula is C18H6N4O8. The number of carboxylic acid groups (broad SMARTS) is 2. The summed E-state index contributed by atoms with van der Waals surface area (Å²) in [7, 11) is 0. The number of nitriles is 2. The summed E-state index contributed by atoms with van der Waals surface area (Å²) >= 11 is 0. The Labute approximate surface area is 165 Å². The third-order valence-electron chi connectivity index (χ3n) is 4.38. The molecule has 12 heteroatoms. The molecule has 0 amide bonds. The molecule has 0 spiro atoms. The first-order valence-electron chi connectivity index (χ1n) is 7.79. The molecule has 0 fully saturated rings. The number of aromatic carboxylic acids is 2. The maximum absolute atomic E-state index is 11.6. The molecule has 3 rings (SSSR count). The molecule has 1 aliphatic carbocycles. The van der Waals surface area contributed by atoms with Gasteiger partial charge in [0.2, 0.25) is 0 Å². The van der Waals surface area contributed by atoms with E-state index in [0.717, 1.165) is 12.1 Å². The monoisotopic (exact) mass is 406 g/mol. The fourth-order valence-corrected chi connectivity index (χ4v) is 3.26. The Bertz CT molecular complexity index is 1230. The molecule has 1 aliphatic rings. The lowest BCUT2D eigenvalue weighted by Gasteiger charge is -2.05. The summed E-state index contributed by atoms with van der Waals surface area (Å²) in [6.45, 7) is 0. The van der Waals surface area contributed by atoms with Crippen LogP contribution in [0.1, 0.15) is 31.8 Å². The molecule has 0 bridgehead atoms. The number of hydrogen-bond acceptors (Lipinski definition) is 8. The average molecular weight is 406 g/mol. The Morgan fingerprint density at radius 3 is 1.43 bits per heavy atom. The molecule has 2 aromatic carbocycles. The zero-order valence-corrected chi connectivity index (χ0v) is 14.4. The van der Waals surface area contributed by atoms with Crippen LogP contribution < -0.4 is 0 Å². The van der Waals surface area contributed by atoms with Crippen molar-refractivity contribution in [3.63, 3.8) is 0 Å². The first kappa shape index (κ1) is 19.7. The van der Waals surface area contributed by atoms with Crippen LogP contribution in [0, 0.1) is 42.9 Å². The van der Waals surface area contributed by atoms with Crippen LogP contribution in [0.3, 0.4) is 0 Å². The van der Waals surface area contributed by atoms with Crippen LogP contribution in [0.15, 0.2) is 29.8 Å². The quantitative estimate of drug-likeness (QED) is 0.367. The van der Waals surface area contributed by atoms with Crippen molar-refractivity contribution in [1.29, 1.82) is 10.5 Å². The van der Waals surface area contributed by atoms with E-state index in [0.29, 0.717) is 12.1 Å². The van der Waals surface area contributed by atoms with Crippen molar-refractivity contribution < 1.29 is 29.6 Å². The zero-order chi connectivity index (χ0) is 22.3. The highest BCUT2D eigenvalue weighted by Crippen LogP contribution is 2.53. The Hall–Kier alpha value is -5.10. The van der Waals surface area contributed by atoms with Crippen LogP contribution in [0.4, 0.5) is 11.4 Å². The van der Waals surface area contributed by atoms with E-state index in [9.17, 15) is 50.6 Å². The number of carboxylic acids is 2. The average Bonchev–Trinajstić information content (AvgIpc) is 3.01. The maximum atomic E-state index is 11.6. The number of nitro groups is 2. The summed E-state index contributed by atoms with van der Waals surface area (Å²) in [4.78, 5) is 44.2. The number of rotatable bonds is 4. The van der Waals surface area contributed by atoms with Crippen LogP contribution in [0.2, 0.25) is 0 Å². The van der Waals surface area contributed by atoms with Crippen molar-refractivity contribution >= 4 is 28.9 Å². The van der Waals surface area contributed by atoms with Gasteiger partial charge in [-0.1, -0.05) is 0 Å². The molecule has 0 heterocycles. The number of hydrogen-bond donors (Lipinski definition) is 2. The lowest BCUT2D eigenvalue weighted by atomic mass is 9.96. The zero-order valence-electron chi connectivity index (χ0n) is 14.4. The highest BCUT2D eigenvalue weighted by Gasteiger charge is 2.40. The number of benzene rings is 2. The maximum Gasteiger partial charge on any atom is 0.335 e. The summed E-state index contributed by atoms with van der Waals surface area (Å²) in [6.07, 6.45) is 0. The van der Waals surface area contributed by atoms with Crippen LogP contribution in [0.25, 0.3) is 16.7 Å². The number of nitro benzene ring substituents is 2. The van der Waals surface area contributed by atoms with E-state index in [-0.39, 0.29) is 27.8 Å². The summed E-state index contributed by atoms with van der Waals surface area (Å²) < 4.78 is 0. The Morgan fingerprint density at radius 2 is 1.17 bits per heavy atom. The lowest BCUT2D eigenvalue weighted by molar-refractivity contribution is -0.386. The van der Waals surface area contributed by atoms with E-state index in [1.807, 2.05) is 0 Å². The second-order valence-corrected chi connectivity index (χ2v) is 5.93. The Morgan fingerprint density at radius 1 is 0.800 bits per heavy atom. The van der Waals surface area contributed by atoms with Crippen LogP contribution in [0.5, 0.6) is 0 Å². The van der Waals surface area contributed by atoms with Gasteiger partial charge in [-0.25, -0.2) is 9.59 Å². The first-order valence-corrected chi connectivity index (χ1v) is 7.79. The number of fused-ring (bicyclic) bond motifs is 3. The number of nitrogens with zero attached hydrogens (tertiary/aromatic N) is 4. The van der Waals surface area contributed by atoms with Crippen LogP contribution in [-0.4, -0.2) is 32.0 Å². The predicted molar refractivity (Wildman–Crippen MR) is 96.4 cm³/mol. The van der Waals surface area contributed by atoms with Crippen molar-refractivity contribution in [1.82, 2.24) is 0 Å². The molecule has 0 unspecified atom stereocenters. The molecule has 0 saturated carbocycles. The second kappa shape index (κ2) is 6.81. The fourth-order valence-electron chi connectivity index (χ4n) is 3.26. The third kappa shape index (κ3) is 2.78. The standard InChI is InChI=1S/C18H6N4O8/c19-5-9(6-20)14-10-1-7(17(23)24)3-12(21(27)28)15(10)16-11(14)2-8(18(25)26)4-13(16)22(29)30/h1-4H,(H,23,24)(H,25,26). The topological polar surface area (TPSA) is 208 Å². The molecule has 146 valence electrons. The van der Waals surface area contributed by atoms with E-state index >= 15 is 0 Å². The van der Waals surface area contributed by atoms with Crippen molar-refractivity contribution in [3.8, 4) is 23.3 Å². The van der Waals surface area contributed by atoms with Crippen LogP contribution >= 0.6 is 0 Å². The Balaban J connectivity index is 2.67. The van der Waals surface area contributed by atoms with Gasteiger partial charge in [-0.2, -0.15) is 10.5 Å². The predicted octanol–water partition coefficient (Wildman–Crippen LogP) is 2.73. The molecule has 30 heavy (non-hydrogen) atoms. The largest absolute Gasteiger partial charge is 0.478 e. The van der Waals surface area contributed by atoms with Gasteiger partial charge in [0.1, 0.15) is 17.7 Å². The SMILES string of the molecule is N#CC(C#N)=C1c2cc(C(=O)O)cc([N+](=O)[O-])c2-c2c1cc(C(=O)O)cc2[N+](=O)[O-]. The van der Waals surface area contributed by atoms with E-state index < -0.39 is 49.9 Å². The molecule has 0 saturated heterocycles. The summed E-state index contributed by atoms with van der Waals surface area (Å²) in [6, 6.07) is 6.39. The molecule has 0 atom stereocenters. The molecule has 0 radical (unpaired) electrons. The van der Waals surface area contributed by atoms with Crippen molar-refractivity contribution in [3.05, 3.63) is 72.3 Å². The molecule has 2 N–H and O–H groups in total. The normalized spacial score (nSPS) is 10.9. The highest BCUT2D eigenvalue weighted by molar-refractivity contribution is 6.12. The lowest BCUT2D eigenvalue weighted by Crippen LogP contribution is -2.02. The van der Waals surface area contributed by atoms with Gasteiger partial charge < -0.3 is 10.2 Å². The number of allylic oxidation sites excluding steroid dienone is 1. The molecule has 2 aromatic rings. The van der Waals surface area contributed by atoms with E-state index in [4.69, 9.17) is 0 Å². The van der Waals surface area contributed by atoms with Crippen molar-refractivity contribution in [2.24, 2.45) is 0 Å². The molecule has 12 nitrogen and oxygen atoms in total. The van der Waals surface area contributed by atoms with Crippen LogP contribution in [-0.2, 0) is 0 Å². The van der Waals surface area contributed by atoms with Gasteiger partial charge in [0.05, 0.1) is 32.1 Å². The van der Waals surface area contributed by atoms with E-state index in [2.05, 4.69) is 0 Å². The van der Waals surface area contributed by atoms with E-state index in [1.54, 1.807) is 12.1 Å². The van der Waals surface area contributed by atoms with E-state index in [1.165, 1.54) is 0 Å². The Kier molecular flexibility index (Phi) is 4.46. The van der Waals surface area contributed by atoms with Gasteiger partial charge >= 0.3 is 11.9 Å². The highest BCUT2D eigenvalue weighted by atomic mass is 16.6. The molecule has 0 aromatic heterocycles. The van der Waals surface area contributed by atoms with Gasteiger partial charge in [0.15, 0.2) is 0 Å². The molecular weight excluding hydrogens is 400 g/mol. The minimum Gasteiger partial charge on any atom is -0.478 e. The summed E-state index contributed by atoms with van der Waals surface area (Å²) in [5.41, 5.74) is -4.93. The van der Waals surface area contributed by atoms with Gasteiger partial charge in [0, 0.05) is 28.8 Å². The third-order valence-corrected chi connectivity index (χ3v) is 4.38. The van der Waals surface area contributed by atoms with Gasteiger partial charge in [-0.05, 0) is 12.1 Å². The summed E-state index contributed by atoms with van der Waals surface area (Å²) in [5.74, 6) is -3.10. The first-order chi connectivity index (χ1) is 14.1. The second-order valence-electron chi connectivity index (χ2n) is 5.93. The molecule has 0 aliphatic heterocycles.